The van der Waals surface area contributed by atoms with E-state index in [9.17, 15) is 4.79 Å². The van der Waals surface area contributed by atoms with E-state index in [-0.39, 0.29) is 0 Å². The van der Waals surface area contributed by atoms with Gasteiger partial charge < -0.3 is 19.9 Å². The molecule has 1 N–H and O–H groups in total. The van der Waals surface area contributed by atoms with Gasteiger partial charge in [-0.2, -0.15) is 0 Å². The van der Waals surface area contributed by atoms with Crippen LogP contribution in [0.5, 0.6) is 0 Å². The van der Waals surface area contributed by atoms with Crippen LogP contribution < -0.4 is 5.32 Å². The molecule has 1 heterocycles. The van der Waals surface area contributed by atoms with Gasteiger partial charge in [0.1, 0.15) is 5.60 Å². The molecule has 1 rings (SSSR count). The van der Waals surface area contributed by atoms with Crippen molar-refractivity contribution in [2.45, 2.75) is 59.1 Å². The summed E-state index contributed by atoms with van der Waals surface area (Å²) < 4.78 is 5.40. The first-order valence-corrected chi connectivity index (χ1v) is 11.1. The van der Waals surface area contributed by atoms with Crippen LogP contribution in [-0.4, -0.2) is 67.7 Å². The van der Waals surface area contributed by atoms with E-state index < -0.39 is 5.60 Å². The zero-order valence-corrected chi connectivity index (χ0v) is 20.0. The maximum Gasteiger partial charge on any atom is 0.293 e. The fraction of sp³-hybridized carbons (Fsp3) is 0.640. The monoisotopic (exact) mass is 417 g/mol. The number of carbonyl (C=O) groups excluding carboxylic acids is 1. The molecule has 0 saturated heterocycles. The molecule has 5 nitrogen and oxygen atoms in total. The molecule has 0 spiro atoms. The van der Waals surface area contributed by atoms with Gasteiger partial charge in [0.15, 0.2) is 0 Å². The van der Waals surface area contributed by atoms with Crippen LogP contribution >= 0.6 is 0 Å². The van der Waals surface area contributed by atoms with Gasteiger partial charge in [0.2, 0.25) is 0 Å². The smallest absolute Gasteiger partial charge is 0.293 e. The van der Waals surface area contributed by atoms with Crippen LogP contribution in [0, 0.1) is 5.92 Å². The third-order valence-corrected chi connectivity index (χ3v) is 5.86. The number of allylic oxidation sites excluding steroid dienone is 3. The molecule has 0 amide bonds. The number of carbonyl (C=O) groups is 1. The Morgan fingerprint density at radius 2 is 2.20 bits per heavy atom. The molecule has 0 fully saturated rings. The Kier molecular flexibility index (Phi) is 11.7. The first-order chi connectivity index (χ1) is 14.2. The molecule has 0 bridgehead atoms. The van der Waals surface area contributed by atoms with Gasteiger partial charge >= 0.3 is 0 Å². The summed E-state index contributed by atoms with van der Waals surface area (Å²) >= 11 is 0. The van der Waals surface area contributed by atoms with Crippen LogP contribution in [0.4, 0.5) is 0 Å². The highest BCUT2D eigenvalue weighted by molar-refractivity contribution is 5.38. The second kappa shape index (κ2) is 13.5. The predicted molar refractivity (Wildman–Crippen MR) is 127 cm³/mol. The minimum Gasteiger partial charge on any atom is -0.460 e. The highest BCUT2D eigenvalue weighted by Gasteiger charge is 2.25. The van der Waals surface area contributed by atoms with Gasteiger partial charge in [-0.05, 0) is 59.7 Å². The van der Waals surface area contributed by atoms with Gasteiger partial charge in [0.25, 0.3) is 6.47 Å². The van der Waals surface area contributed by atoms with E-state index in [0.717, 1.165) is 32.5 Å². The van der Waals surface area contributed by atoms with Crippen LogP contribution in [0.15, 0.2) is 48.2 Å². The van der Waals surface area contributed by atoms with Crippen molar-refractivity contribution in [3.8, 4) is 0 Å². The summed E-state index contributed by atoms with van der Waals surface area (Å²) in [5, 5.41) is 3.27. The van der Waals surface area contributed by atoms with Gasteiger partial charge in [-0.3, -0.25) is 4.79 Å². The van der Waals surface area contributed by atoms with E-state index in [0.29, 0.717) is 31.5 Å². The Morgan fingerprint density at radius 3 is 2.83 bits per heavy atom. The van der Waals surface area contributed by atoms with Gasteiger partial charge in [-0.1, -0.05) is 36.8 Å². The van der Waals surface area contributed by atoms with Crippen molar-refractivity contribution in [1.29, 1.82) is 0 Å². The third-order valence-electron chi connectivity index (χ3n) is 5.86. The molecule has 0 aromatic carbocycles. The van der Waals surface area contributed by atoms with Crippen molar-refractivity contribution in [3.63, 3.8) is 0 Å². The second-order valence-corrected chi connectivity index (χ2v) is 8.98. The number of hydrogen-bond acceptors (Lipinski definition) is 5. The number of hydrogen-bond donors (Lipinski definition) is 1. The summed E-state index contributed by atoms with van der Waals surface area (Å²) in [6, 6.07) is 0.463. The molecule has 5 heteroatoms. The van der Waals surface area contributed by atoms with Crippen molar-refractivity contribution in [2.75, 3.05) is 39.8 Å². The molecule has 1 aliphatic rings. The molecule has 30 heavy (non-hydrogen) atoms. The fourth-order valence-corrected chi connectivity index (χ4v) is 3.61. The molecule has 170 valence electrons. The molecular weight excluding hydrogens is 374 g/mol. The third kappa shape index (κ3) is 9.31. The summed E-state index contributed by atoms with van der Waals surface area (Å²) in [5.74, 6) is 0.406. The molecule has 0 aromatic rings. The summed E-state index contributed by atoms with van der Waals surface area (Å²) in [6.45, 7) is 19.4. The van der Waals surface area contributed by atoms with Crippen LogP contribution in [0.3, 0.4) is 0 Å². The molecule has 2 atom stereocenters. The highest BCUT2D eigenvalue weighted by atomic mass is 16.5. The lowest BCUT2D eigenvalue weighted by Gasteiger charge is -2.30. The molecule has 0 aliphatic carbocycles. The van der Waals surface area contributed by atoms with E-state index in [1.165, 1.54) is 11.1 Å². The average molecular weight is 418 g/mol. The van der Waals surface area contributed by atoms with Gasteiger partial charge in [-0.15, -0.1) is 6.58 Å². The topological polar surface area (TPSA) is 44.8 Å². The van der Waals surface area contributed by atoms with Crippen LogP contribution in [0.25, 0.3) is 0 Å². The number of rotatable bonds is 13. The maximum atomic E-state index is 11.0. The van der Waals surface area contributed by atoms with E-state index in [4.69, 9.17) is 4.74 Å². The molecule has 1 aliphatic heterocycles. The van der Waals surface area contributed by atoms with Crippen LogP contribution in [0.1, 0.15) is 47.5 Å². The van der Waals surface area contributed by atoms with E-state index in [1.54, 1.807) is 0 Å². The Labute approximate surface area is 184 Å². The summed E-state index contributed by atoms with van der Waals surface area (Å²) in [4.78, 5) is 15.7. The number of nitrogens with one attached hydrogen (secondary N) is 1. The maximum absolute atomic E-state index is 11.0. The lowest BCUT2D eigenvalue weighted by molar-refractivity contribution is -0.142. The van der Waals surface area contributed by atoms with Gasteiger partial charge in [0.05, 0.1) is 0 Å². The van der Waals surface area contributed by atoms with E-state index >= 15 is 0 Å². The van der Waals surface area contributed by atoms with E-state index in [2.05, 4.69) is 80.9 Å². The Hall–Kier alpha value is -1.85. The zero-order valence-electron chi connectivity index (χ0n) is 20.0. The Balaban J connectivity index is 2.73. The predicted octanol–water partition coefficient (Wildman–Crippen LogP) is 4.15. The molecule has 2 unspecified atom stereocenters. The minimum absolute atomic E-state index is 0.406. The molecule has 0 aromatic heterocycles. The minimum atomic E-state index is -0.490. The standard InChI is InChI=1S/C25H43N3O2/c1-8-14-26-19-25(6,30-20-29)13-11-15-27(7)17-24-18-28(21(2)3)16-10-9-12-22(4)23(24)5/h8-10,12,18,20-21,23,26H,1,11,13-17,19H2,2-7H3/b10-9-,22-12-,24-18-. The molecular formula is C25H43N3O2. The summed E-state index contributed by atoms with van der Waals surface area (Å²) in [7, 11) is 2.17. The average Bonchev–Trinajstić information content (AvgIpc) is 2.74. The van der Waals surface area contributed by atoms with Crippen molar-refractivity contribution < 1.29 is 9.53 Å². The number of ether oxygens (including phenoxy) is 1. The number of nitrogens with zero attached hydrogens (tertiary/aromatic N) is 2. The molecule has 0 radical (unpaired) electrons. The van der Waals surface area contributed by atoms with Crippen molar-refractivity contribution in [3.05, 3.63) is 48.2 Å². The molecule has 0 saturated carbocycles. The van der Waals surface area contributed by atoms with Crippen molar-refractivity contribution >= 4 is 6.47 Å². The van der Waals surface area contributed by atoms with Crippen LogP contribution in [0.2, 0.25) is 0 Å². The quantitative estimate of drug-likeness (QED) is 0.277. The Bertz CT molecular complexity index is 624. The lowest BCUT2D eigenvalue weighted by Crippen LogP contribution is -2.41. The lowest BCUT2D eigenvalue weighted by atomic mass is 9.93. The number of likely N-dealkylation sites (N-methyl/N-ethyl adjacent to an activating group) is 1. The first kappa shape index (κ1) is 26.2. The normalized spacial score (nSPS) is 24.0. The largest absolute Gasteiger partial charge is 0.460 e. The SMILES string of the molecule is C=CCNCC(C)(CCCN(C)C/C1=C/N(C(C)C)C/C=C\C=C(\C)C1C)OC=O. The van der Waals surface area contributed by atoms with Crippen LogP contribution in [-0.2, 0) is 9.53 Å². The van der Waals surface area contributed by atoms with Gasteiger partial charge in [-0.25, -0.2) is 0 Å². The fourth-order valence-electron chi connectivity index (χ4n) is 3.61. The Morgan fingerprint density at radius 1 is 1.47 bits per heavy atom. The summed E-state index contributed by atoms with van der Waals surface area (Å²) in [5.41, 5.74) is 2.33. The summed E-state index contributed by atoms with van der Waals surface area (Å²) in [6.07, 6.45) is 12.6. The van der Waals surface area contributed by atoms with Crippen molar-refractivity contribution in [2.24, 2.45) is 5.92 Å². The second-order valence-electron chi connectivity index (χ2n) is 8.98. The van der Waals surface area contributed by atoms with E-state index in [1.807, 2.05) is 13.0 Å². The highest BCUT2D eigenvalue weighted by Crippen LogP contribution is 2.23. The first-order valence-electron chi connectivity index (χ1n) is 11.1. The van der Waals surface area contributed by atoms with Crippen molar-refractivity contribution in [1.82, 2.24) is 15.1 Å². The van der Waals surface area contributed by atoms with Gasteiger partial charge in [0, 0.05) is 44.3 Å². The zero-order chi connectivity index (χ0) is 22.6.